The number of likely N-dealkylation sites (N-methyl/N-ethyl adjacent to an activating group) is 1. The number of ether oxygens (including phenoxy) is 1. The van der Waals surface area contributed by atoms with E-state index in [1.54, 1.807) is 14.0 Å². The Morgan fingerprint density at radius 2 is 1.63 bits per heavy atom. The molecule has 0 heterocycles. The van der Waals surface area contributed by atoms with Crippen molar-refractivity contribution in [2.45, 2.75) is 44.2 Å². The van der Waals surface area contributed by atoms with E-state index in [0.717, 1.165) is 5.56 Å². The molecule has 8 heteroatoms. The quantitative estimate of drug-likeness (QED) is 0.615. The molecule has 0 saturated heterocycles. The summed E-state index contributed by atoms with van der Waals surface area (Å²) in [4.78, 5) is 26.2. The number of nitrogens with one attached hydrogen (secondary N) is 1. The molecule has 0 saturated carbocycles. The van der Waals surface area contributed by atoms with Crippen LogP contribution in [-0.2, 0) is 19.6 Å². The summed E-state index contributed by atoms with van der Waals surface area (Å²) in [5.41, 5.74) is 1.14. The predicted octanol–water partition coefficient (Wildman–Crippen LogP) is 3.14. The highest BCUT2D eigenvalue weighted by atomic mass is 32.2. The minimum Gasteiger partial charge on any atom is -0.452 e. The highest BCUT2D eigenvalue weighted by Gasteiger charge is 2.20. The number of carbonyl (C=O) groups excluding carboxylic acids is 2. The Morgan fingerprint density at radius 3 is 2.20 bits per heavy atom. The van der Waals surface area contributed by atoms with Gasteiger partial charge in [0.05, 0.1) is 16.5 Å². The second kappa shape index (κ2) is 10.4. The van der Waals surface area contributed by atoms with Crippen LogP contribution in [0.3, 0.4) is 0 Å². The average Bonchev–Trinajstić information content (AvgIpc) is 2.76. The lowest BCUT2D eigenvalue weighted by molar-refractivity contribution is -0.135. The third kappa shape index (κ3) is 6.14. The fourth-order valence-electron chi connectivity index (χ4n) is 2.67. The van der Waals surface area contributed by atoms with Crippen LogP contribution in [0, 0.1) is 0 Å². The van der Waals surface area contributed by atoms with Gasteiger partial charge in [0.1, 0.15) is 0 Å². The Bertz CT molecular complexity index is 959. The van der Waals surface area contributed by atoms with Crippen molar-refractivity contribution in [3.63, 3.8) is 0 Å². The minimum atomic E-state index is -3.65. The van der Waals surface area contributed by atoms with E-state index < -0.39 is 22.6 Å². The predicted molar refractivity (Wildman–Crippen MR) is 114 cm³/mol. The molecule has 2 aromatic carbocycles. The van der Waals surface area contributed by atoms with Crippen LogP contribution in [0.25, 0.3) is 0 Å². The van der Waals surface area contributed by atoms with Crippen LogP contribution in [0.4, 0.5) is 0 Å². The lowest BCUT2D eigenvalue weighted by Crippen LogP contribution is -2.33. The third-order valence-corrected chi connectivity index (χ3v) is 6.56. The number of carbonyl (C=O) groups is 2. The summed E-state index contributed by atoms with van der Waals surface area (Å²) in [6.45, 7) is 5.14. The zero-order valence-electron chi connectivity index (χ0n) is 17.7. The monoisotopic (exact) mass is 432 g/mol. The Hall–Kier alpha value is -2.71. The van der Waals surface area contributed by atoms with E-state index in [-0.39, 0.29) is 28.4 Å². The molecule has 2 rings (SSSR count). The molecule has 7 nitrogen and oxygen atoms in total. The van der Waals surface area contributed by atoms with Crippen LogP contribution in [0.1, 0.15) is 49.2 Å². The highest BCUT2D eigenvalue weighted by molar-refractivity contribution is 7.89. The largest absolute Gasteiger partial charge is 0.452 e. The molecule has 0 spiro atoms. The molecule has 2 atom stereocenters. The molecule has 1 amide bonds. The van der Waals surface area contributed by atoms with E-state index in [0.29, 0.717) is 6.42 Å². The van der Waals surface area contributed by atoms with Gasteiger partial charge < -0.3 is 9.64 Å². The lowest BCUT2D eigenvalue weighted by Gasteiger charge is -2.25. The van der Waals surface area contributed by atoms with Gasteiger partial charge in [0.15, 0.2) is 6.61 Å². The van der Waals surface area contributed by atoms with Gasteiger partial charge >= 0.3 is 5.97 Å². The summed E-state index contributed by atoms with van der Waals surface area (Å²) in [5.74, 6) is -1.03. The fraction of sp³-hybridized carbons (Fsp3) is 0.364. The van der Waals surface area contributed by atoms with E-state index in [1.165, 1.54) is 29.2 Å². The molecule has 0 aromatic heterocycles. The SMILES string of the molecule is CCC(C)NS(=O)(=O)c1ccc(C(=O)OCC(=O)N(C)C(C)c2ccccc2)cc1. The summed E-state index contributed by atoms with van der Waals surface area (Å²) in [6.07, 6.45) is 0.662. The fourth-order valence-corrected chi connectivity index (χ4v) is 4.00. The van der Waals surface area contributed by atoms with E-state index >= 15 is 0 Å². The molecule has 0 bridgehead atoms. The molecule has 0 fully saturated rings. The van der Waals surface area contributed by atoms with Crippen LogP contribution in [0.15, 0.2) is 59.5 Å². The van der Waals surface area contributed by atoms with Gasteiger partial charge in [0.2, 0.25) is 10.0 Å². The van der Waals surface area contributed by atoms with Gasteiger partial charge in [-0.05, 0) is 50.1 Å². The van der Waals surface area contributed by atoms with Crippen molar-refractivity contribution in [1.82, 2.24) is 9.62 Å². The van der Waals surface area contributed by atoms with Gasteiger partial charge in [-0.3, -0.25) is 4.79 Å². The van der Waals surface area contributed by atoms with Crippen LogP contribution < -0.4 is 4.72 Å². The third-order valence-electron chi connectivity index (χ3n) is 4.95. The number of amides is 1. The maximum absolute atomic E-state index is 12.4. The van der Waals surface area contributed by atoms with E-state index in [2.05, 4.69) is 4.72 Å². The van der Waals surface area contributed by atoms with E-state index in [1.807, 2.05) is 44.2 Å². The van der Waals surface area contributed by atoms with Crippen molar-refractivity contribution in [3.8, 4) is 0 Å². The molecule has 2 aromatic rings. The first-order chi connectivity index (χ1) is 14.2. The molecule has 30 heavy (non-hydrogen) atoms. The first-order valence-corrected chi connectivity index (χ1v) is 11.2. The molecule has 0 aliphatic rings. The minimum absolute atomic E-state index is 0.0619. The zero-order valence-corrected chi connectivity index (χ0v) is 18.5. The van der Waals surface area contributed by atoms with Crippen LogP contribution >= 0.6 is 0 Å². The Labute approximate surface area is 178 Å². The first-order valence-electron chi connectivity index (χ1n) is 9.75. The highest BCUT2D eigenvalue weighted by Crippen LogP contribution is 2.18. The molecule has 1 N–H and O–H groups in total. The second-order valence-corrected chi connectivity index (χ2v) is 8.84. The van der Waals surface area contributed by atoms with Gasteiger partial charge in [-0.25, -0.2) is 17.9 Å². The maximum Gasteiger partial charge on any atom is 0.338 e. The molecule has 162 valence electrons. The second-order valence-electron chi connectivity index (χ2n) is 7.12. The smallest absolute Gasteiger partial charge is 0.338 e. The van der Waals surface area contributed by atoms with Crippen molar-refractivity contribution >= 4 is 21.9 Å². The number of rotatable bonds is 9. The number of hydrogen-bond donors (Lipinski definition) is 1. The van der Waals surface area contributed by atoms with Crippen molar-refractivity contribution < 1.29 is 22.7 Å². The van der Waals surface area contributed by atoms with Gasteiger partial charge in [-0.2, -0.15) is 0 Å². The molecule has 0 aliphatic heterocycles. The molecule has 2 unspecified atom stereocenters. The number of sulfonamides is 1. The number of nitrogens with zero attached hydrogens (tertiary/aromatic N) is 1. The summed E-state index contributed by atoms with van der Waals surface area (Å²) in [7, 11) is -2.00. The van der Waals surface area contributed by atoms with Crippen molar-refractivity contribution in [2.24, 2.45) is 0 Å². The maximum atomic E-state index is 12.4. The lowest BCUT2D eigenvalue weighted by atomic mass is 10.1. The molecule has 0 radical (unpaired) electrons. The van der Waals surface area contributed by atoms with Crippen LogP contribution in [0.5, 0.6) is 0 Å². The Balaban J connectivity index is 1.95. The summed E-state index contributed by atoms with van der Waals surface area (Å²) in [5, 5.41) is 0. The molecule has 0 aliphatic carbocycles. The first kappa shape index (κ1) is 23.6. The molecular weight excluding hydrogens is 404 g/mol. The topological polar surface area (TPSA) is 92.8 Å². The van der Waals surface area contributed by atoms with Crippen molar-refractivity contribution in [2.75, 3.05) is 13.7 Å². The van der Waals surface area contributed by atoms with Crippen LogP contribution in [-0.4, -0.2) is 44.9 Å². The van der Waals surface area contributed by atoms with Crippen molar-refractivity contribution in [3.05, 3.63) is 65.7 Å². The average molecular weight is 433 g/mol. The Kier molecular flexibility index (Phi) is 8.14. The van der Waals surface area contributed by atoms with Gasteiger partial charge in [-0.15, -0.1) is 0 Å². The van der Waals surface area contributed by atoms with Crippen LogP contribution in [0.2, 0.25) is 0 Å². The van der Waals surface area contributed by atoms with Crippen molar-refractivity contribution in [1.29, 1.82) is 0 Å². The van der Waals surface area contributed by atoms with E-state index in [9.17, 15) is 18.0 Å². The standard InChI is InChI=1S/C22H28N2O5S/c1-5-16(2)23-30(27,28)20-13-11-19(12-14-20)22(26)29-15-21(25)24(4)17(3)18-9-7-6-8-10-18/h6-14,16-17,23H,5,15H2,1-4H3. The number of esters is 1. The van der Waals surface area contributed by atoms with E-state index in [4.69, 9.17) is 4.74 Å². The van der Waals surface area contributed by atoms with Gasteiger partial charge in [-0.1, -0.05) is 37.3 Å². The van der Waals surface area contributed by atoms with Gasteiger partial charge in [0.25, 0.3) is 5.91 Å². The van der Waals surface area contributed by atoms with Gasteiger partial charge in [0, 0.05) is 13.1 Å². The number of benzene rings is 2. The molecular formula is C22H28N2O5S. The Morgan fingerprint density at radius 1 is 1.03 bits per heavy atom. The summed E-state index contributed by atoms with van der Waals surface area (Å²) >= 11 is 0. The zero-order chi connectivity index (χ0) is 22.3. The summed E-state index contributed by atoms with van der Waals surface area (Å²) < 4.78 is 32.2. The summed E-state index contributed by atoms with van der Waals surface area (Å²) in [6, 6.07) is 14.6. The normalized spacial score (nSPS) is 13.3. The number of hydrogen-bond acceptors (Lipinski definition) is 5.